The van der Waals surface area contributed by atoms with Crippen LogP contribution in [-0.2, 0) is 10.2 Å². The molecular formula is C11H10BrNOS. The molecular weight excluding hydrogens is 274 g/mol. The quantitative estimate of drug-likeness (QED) is 0.836. The maximum Gasteiger partial charge on any atom is 0.0724 e. The van der Waals surface area contributed by atoms with Gasteiger partial charge in [0.1, 0.15) is 0 Å². The van der Waals surface area contributed by atoms with Gasteiger partial charge in [-0.3, -0.25) is 0 Å². The fourth-order valence-corrected chi connectivity index (χ4v) is 4.05. The van der Waals surface area contributed by atoms with Gasteiger partial charge >= 0.3 is 0 Å². The van der Waals surface area contributed by atoms with Crippen LogP contribution in [0, 0.1) is 16.7 Å². The van der Waals surface area contributed by atoms with E-state index < -0.39 is 0 Å². The summed E-state index contributed by atoms with van der Waals surface area (Å²) in [6.45, 7) is 1.43. The molecule has 0 N–H and O–H groups in total. The molecule has 4 heteroatoms. The van der Waals surface area contributed by atoms with Gasteiger partial charge in [-0.2, -0.15) is 5.26 Å². The molecule has 2 nitrogen and oxygen atoms in total. The minimum absolute atomic E-state index is 0.00155. The molecule has 2 aliphatic rings. The summed E-state index contributed by atoms with van der Waals surface area (Å²) in [5, 5.41) is 11.4. The molecule has 0 aromatic carbocycles. The van der Waals surface area contributed by atoms with Crippen LogP contribution in [-0.4, -0.2) is 13.2 Å². The molecule has 15 heavy (non-hydrogen) atoms. The average Bonchev–Trinajstić information content (AvgIpc) is 2.83. The Morgan fingerprint density at radius 3 is 2.53 bits per heavy atom. The third-order valence-electron chi connectivity index (χ3n) is 3.62. The Bertz CT molecular complexity index is 440. The van der Waals surface area contributed by atoms with E-state index in [0.717, 1.165) is 17.3 Å². The highest BCUT2D eigenvalue weighted by Gasteiger charge is 2.65. The van der Waals surface area contributed by atoms with Crippen molar-refractivity contribution in [1.82, 2.24) is 0 Å². The third-order valence-corrected chi connectivity index (χ3v) is 5.51. The van der Waals surface area contributed by atoms with E-state index in [1.165, 1.54) is 4.88 Å². The second kappa shape index (κ2) is 3.07. The Kier molecular flexibility index (Phi) is 2.01. The van der Waals surface area contributed by atoms with Crippen molar-refractivity contribution in [3.63, 3.8) is 0 Å². The summed E-state index contributed by atoms with van der Waals surface area (Å²) in [6.07, 6.45) is 2.06. The van der Waals surface area contributed by atoms with Crippen molar-refractivity contribution in [3.8, 4) is 6.07 Å². The minimum Gasteiger partial charge on any atom is -0.379 e. The Balaban J connectivity index is 2.04. The van der Waals surface area contributed by atoms with Crippen LogP contribution < -0.4 is 0 Å². The molecule has 0 unspecified atom stereocenters. The lowest BCUT2D eigenvalue weighted by Crippen LogP contribution is -2.52. The van der Waals surface area contributed by atoms with Gasteiger partial charge in [-0.05, 0) is 34.8 Å². The highest BCUT2D eigenvalue weighted by molar-refractivity contribution is 9.10. The maximum atomic E-state index is 9.31. The molecule has 0 amide bonds. The van der Waals surface area contributed by atoms with Gasteiger partial charge in [0, 0.05) is 14.7 Å². The summed E-state index contributed by atoms with van der Waals surface area (Å²) in [5.41, 5.74) is -0.131. The first-order chi connectivity index (χ1) is 7.22. The van der Waals surface area contributed by atoms with Crippen LogP contribution in [0.3, 0.4) is 0 Å². The van der Waals surface area contributed by atoms with Crippen molar-refractivity contribution in [2.45, 2.75) is 18.3 Å². The Labute approximate surface area is 101 Å². The van der Waals surface area contributed by atoms with Crippen molar-refractivity contribution in [1.29, 1.82) is 5.26 Å². The molecule has 1 aliphatic heterocycles. The summed E-state index contributed by atoms with van der Waals surface area (Å²) < 4.78 is 6.48. The Morgan fingerprint density at radius 1 is 1.47 bits per heavy atom. The summed E-state index contributed by atoms with van der Waals surface area (Å²) in [5.74, 6) is 0. The number of hydrogen-bond acceptors (Lipinski definition) is 3. The SMILES string of the molecule is N#CC1(C2(c3cc(Br)cs3)COC2)CC1. The van der Waals surface area contributed by atoms with E-state index in [0.29, 0.717) is 13.2 Å². The van der Waals surface area contributed by atoms with Gasteiger partial charge in [0.15, 0.2) is 0 Å². The average molecular weight is 284 g/mol. The zero-order chi connectivity index (χ0) is 10.5. The van der Waals surface area contributed by atoms with Crippen LogP contribution >= 0.6 is 27.3 Å². The topological polar surface area (TPSA) is 33.0 Å². The molecule has 3 rings (SSSR count). The van der Waals surface area contributed by atoms with E-state index in [1.54, 1.807) is 11.3 Å². The van der Waals surface area contributed by atoms with Crippen LogP contribution in [0.4, 0.5) is 0 Å². The number of hydrogen-bond donors (Lipinski definition) is 0. The molecule has 2 fully saturated rings. The zero-order valence-electron chi connectivity index (χ0n) is 8.12. The van der Waals surface area contributed by atoms with Crippen molar-refractivity contribution >= 4 is 27.3 Å². The predicted octanol–water partition coefficient (Wildman–Crippen LogP) is 3.08. The smallest absolute Gasteiger partial charge is 0.0724 e. The second-order valence-electron chi connectivity index (χ2n) is 4.40. The summed E-state index contributed by atoms with van der Waals surface area (Å²) in [6, 6.07) is 4.66. The minimum atomic E-state index is -0.129. The van der Waals surface area contributed by atoms with Crippen molar-refractivity contribution in [2.24, 2.45) is 5.41 Å². The molecule has 0 atom stereocenters. The number of nitriles is 1. The first-order valence-electron chi connectivity index (χ1n) is 4.96. The van der Waals surface area contributed by atoms with Crippen LogP contribution in [0.2, 0.25) is 0 Å². The zero-order valence-corrected chi connectivity index (χ0v) is 10.5. The van der Waals surface area contributed by atoms with Gasteiger partial charge in [-0.15, -0.1) is 11.3 Å². The molecule has 78 valence electrons. The number of thiophene rings is 1. The molecule has 1 aromatic rings. The van der Waals surface area contributed by atoms with E-state index >= 15 is 0 Å². The van der Waals surface area contributed by atoms with Crippen molar-refractivity contribution < 1.29 is 4.74 Å². The van der Waals surface area contributed by atoms with E-state index in [1.807, 2.05) is 0 Å². The Hall–Kier alpha value is -0.370. The highest BCUT2D eigenvalue weighted by Crippen LogP contribution is 2.63. The Morgan fingerprint density at radius 2 is 2.20 bits per heavy atom. The van der Waals surface area contributed by atoms with Crippen LogP contribution in [0.1, 0.15) is 17.7 Å². The van der Waals surface area contributed by atoms with Gasteiger partial charge in [-0.25, -0.2) is 0 Å². The predicted molar refractivity (Wildman–Crippen MR) is 61.8 cm³/mol. The normalized spacial score (nSPS) is 25.3. The molecule has 1 aromatic heterocycles. The first-order valence-corrected chi connectivity index (χ1v) is 6.63. The standard InChI is InChI=1S/C11H10BrNOS/c12-8-3-9(15-4-8)11(6-14-7-11)10(5-13)1-2-10/h3-4H,1-2,6-7H2. The number of ether oxygens (including phenoxy) is 1. The lowest BCUT2D eigenvalue weighted by atomic mass is 9.70. The molecule has 0 spiro atoms. The number of rotatable bonds is 2. The third kappa shape index (κ3) is 1.17. The molecule has 1 saturated carbocycles. The van der Waals surface area contributed by atoms with Gasteiger partial charge in [-0.1, -0.05) is 0 Å². The van der Waals surface area contributed by atoms with Gasteiger partial charge in [0.25, 0.3) is 0 Å². The van der Waals surface area contributed by atoms with Gasteiger partial charge in [0.2, 0.25) is 0 Å². The van der Waals surface area contributed by atoms with E-state index in [2.05, 4.69) is 33.4 Å². The molecule has 1 saturated heterocycles. The van der Waals surface area contributed by atoms with Crippen molar-refractivity contribution in [2.75, 3.05) is 13.2 Å². The fourth-order valence-electron chi connectivity index (χ4n) is 2.35. The second-order valence-corrected chi connectivity index (χ2v) is 6.22. The number of halogens is 1. The largest absolute Gasteiger partial charge is 0.379 e. The van der Waals surface area contributed by atoms with Crippen molar-refractivity contribution in [3.05, 3.63) is 20.8 Å². The highest BCUT2D eigenvalue weighted by atomic mass is 79.9. The van der Waals surface area contributed by atoms with E-state index in [4.69, 9.17) is 4.74 Å². The summed E-state index contributed by atoms with van der Waals surface area (Å²) >= 11 is 5.21. The lowest BCUT2D eigenvalue weighted by Gasteiger charge is -2.44. The van der Waals surface area contributed by atoms with Gasteiger partial charge in [0.05, 0.1) is 30.1 Å². The summed E-state index contributed by atoms with van der Waals surface area (Å²) in [7, 11) is 0. The van der Waals surface area contributed by atoms with Gasteiger partial charge < -0.3 is 4.74 Å². The first kappa shape index (κ1) is 9.83. The molecule has 0 bridgehead atoms. The fraction of sp³-hybridized carbons (Fsp3) is 0.545. The van der Waals surface area contributed by atoms with Crippen LogP contribution in [0.15, 0.2) is 15.9 Å². The molecule has 1 aliphatic carbocycles. The van der Waals surface area contributed by atoms with Crippen LogP contribution in [0.25, 0.3) is 0 Å². The van der Waals surface area contributed by atoms with Crippen LogP contribution in [0.5, 0.6) is 0 Å². The number of nitrogens with zero attached hydrogens (tertiary/aromatic N) is 1. The monoisotopic (exact) mass is 283 g/mol. The maximum absolute atomic E-state index is 9.31. The lowest BCUT2D eigenvalue weighted by molar-refractivity contribution is -0.0847. The molecule has 2 heterocycles. The van der Waals surface area contributed by atoms with E-state index in [-0.39, 0.29) is 10.8 Å². The summed E-state index contributed by atoms with van der Waals surface area (Å²) in [4.78, 5) is 1.31. The molecule has 0 radical (unpaired) electrons. The van der Waals surface area contributed by atoms with E-state index in [9.17, 15) is 5.26 Å².